The molecule has 33 heavy (non-hydrogen) atoms. The average Bonchev–Trinajstić information content (AvgIpc) is 3.48. The first-order valence-electron chi connectivity index (χ1n) is 11.1. The molecule has 3 heterocycles. The van der Waals surface area contributed by atoms with Crippen molar-refractivity contribution in [2.75, 3.05) is 11.1 Å². The molecule has 1 amide bonds. The van der Waals surface area contributed by atoms with E-state index in [0.29, 0.717) is 33.2 Å². The van der Waals surface area contributed by atoms with Crippen LogP contribution in [0.25, 0.3) is 11.6 Å². The number of carbonyl (C=O) groups is 1. The minimum atomic E-state index is -0.152. The lowest BCUT2D eigenvalue weighted by Crippen LogP contribution is -2.26. The zero-order chi connectivity index (χ0) is 23.8. The molecule has 0 aliphatic heterocycles. The lowest BCUT2D eigenvalue weighted by molar-refractivity contribution is -0.113. The number of amides is 1. The van der Waals surface area contributed by atoms with Crippen molar-refractivity contribution in [3.05, 3.63) is 34.4 Å². The Morgan fingerprint density at radius 2 is 2.21 bits per heavy atom. The van der Waals surface area contributed by atoms with E-state index in [-0.39, 0.29) is 23.1 Å². The molecule has 1 atom stereocenters. The Morgan fingerprint density at radius 1 is 1.42 bits per heavy atom. The van der Waals surface area contributed by atoms with Crippen molar-refractivity contribution in [2.45, 2.75) is 65.1 Å². The fraction of sp³-hybridized carbons (Fsp3) is 0.500. The molecule has 0 saturated heterocycles. The summed E-state index contributed by atoms with van der Waals surface area (Å²) in [4.78, 5) is 14.0. The molecule has 1 unspecified atom stereocenters. The van der Waals surface area contributed by atoms with Crippen LogP contribution in [0, 0.1) is 22.7 Å². The largest absolute Gasteiger partial charge is 0.461 e. The molecular formula is C24H29N5O2S2. The molecule has 0 bridgehead atoms. The van der Waals surface area contributed by atoms with Crippen LogP contribution in [-0.2, 0) is 17.6 Å². The zero-order valence-electron chi connectivity index (χ0n) is 19.6. The number of furan rings is 1. The van der Waals surface area contributed by atoms with Gasteiger partial charge in [-0.1, -0.05) is 32.5 Å². The molecule has 3 aromatic heterocycles. The van der Waals surface area contributed by atoms with Gasteiger partial charge in [0.05, 0.1) is 17.6 Å². The van der Waals surface area contributed by atoms with Gasteiger partial charge in [-0.25, -0.2) is 0 Å². The molecule has 4 rings (SSSR count). The Hall–Kier alpha value is -2.57. The van der Waals surface area contributed by atoms with Gasteiger partial charge in [-0.2, -0.15) is 5.26 Å². The van der Waals surface area contributed by atoms with Crippen molar-refractivity contribution < 1.29 is 9.21 Å². The highest BCUT2D eigenvalue weighted by molar-refractivity contribution is 7.99. The van der Waals surface area contributed by atoms with E-state index in [1.165, 1.54) is 16.6 Å². The highest BCUT2D eigenvalue weighted by Gasteiger charge is 2.32. The fourth-order valence-electron chi connectivity index (χ4n) is 4.24. The van der Waals surface area contributed by atoms with Crippen LogP contribution >= 0.6 is 23.1 Å². The normalized spacial score (nSPS) is 16.0. The summed E-state index contributed by atoms with van der Waals surface area (Å²) in [6.45, 7) is 10.9. The van der Waals surface area contributed by atoms with Crippen LogP contribution in [0.3, 0.4) is 0 Å². The van der Waals surface area contributed by atoms with Gasteiger partial charge in [0, 0.05) is 10.9 Å². The Morgan fingerprint density at radius 3 is 2.85 bits per heavy atom. The Labute approximate surface area is 202 Å². The summed E-state index contributed by atoms with van der Waals surface area (Å²) < 4.78 is 7.45. The van der Waals surface area contributed by atoms with Crippen molar-refractivity contribution in [3.8, 4) is 17.7 Å². The molecule has 0 spiro atoms. The maximum Gasteiger partial charge on any atom is 0.235 e. The third kappa shape index (κ3) is 4.87. The minimum absolute atomic E-state index is 0.107. The Bertz CT molecular complexity index is 1180. The second-order valence-corrected chi connectivity index (χ2v) is 11.8. The summed E-state index contributed by atoms with van der Waals surface area (Å²) in [5.74, 6) is 1.90. The van der Waals surface area contributed by atoms with E-state index in [2.05, 4.69) is 42.4 Å². The van der Waals surface area contributed by atoms with Crippen LogP contribution in [0.2, 0.25) is 0 Å². The monoisotopic (exact) mass is 483 g/mol. The number of hydrogen-bond acceptors (Lipinski definition) is 7. The first-order valence-corrected chi connectivity index (χ1v) is 12.9. The van der Waals surface area contributed by atoms with Crippen LogP contribution in [0.1, 0.15) is 63.1 Å². The summed E-state index contributed by atoms with van der Waals surface area (Å²) in [5.41, 5.74) is 1.98. The van der Waals surface area contributed by atoms with Crippen LogP contribution in [0.15, 0.2) is 28.0 Å². The third-order valence-electron chi connectivity index (χ3n) is 6.11. The zero-order valence-corrected chi connectivity index (χ0v) is 21.3. The van der Waals surface area contributed by atoms with Gasteiger partial charge in [-0.05, 0) is 62.1 Å². The van der Waals surface area contributed by atoms with Gasteiger partial charge in [0.15, 0.2) is 10.9 Å². The molecule has 1 aliphatic carbocycles. The highest BCUT2D eigenvalue weighted by atomic mass is 32.2. The second kappa shape index (κ2) is 9.35. The highest BCUT2D eigenvalue weighted by Crippen LogP contribution is 2.44. The van der Waals surface area contributed by atoms with Crippen LogP contribution in [0.5, 0.6) is 0 Å². The number of carbonyl (C=O) groups excluding carboxylic acids is 1. The smallest absolute Gasteiger partial charge is 0.235 e. The molecule has 1 aliphatic rings. The van der Waals surface area contributed by atoms with Crippen molar-refractivity contribution in [3.63, 3.8) is 0 Å². The number of aromatic nitrogens is 3. The first-order chi connectivity index (χ1) is 15.7. The topological polar surface area (TPSA) is 96.7 Å². The molecule has 0 fully saturated rings. The SMILES string of the molecule is CC(C)n1c(SCC(=O)Nc2sc3c(c2C#N)CCC(C(C)(C)C)C3)nnc1-c1ccco1. The predicted octanol–water partition coefficient (Wildman–Crippen LogP) is 5.93. The number of fused-ring (bicyclic) bond motifs is 1. The van der Waals surface area contributed by atoms with E-state index >= 15 is 0 Å². The number of rotatable bonds is 6. The van der Waals surface area contributed by atoms with Crippen molar-refractivity contribution in [2.24, 2.45) is 11.3 Å². The van der Waals surface area contributed by atoms with Crippen LogP contribution in [0.4, 0.5) is 5.00 Å². The Kier molecular flexibility index (Phi) is 6.68. The standard InChI is InChI=1S/C24H29N5O2S2/c1-14(2)29-21(18-7-6-10-31-18)27-28-23(29)32-13-20(30)26-22-17(12-25)16-9-8-15(24(3,4)5)11-19(16)33-22/h6-7,10,14-15H,8-9,11,13H2,1-5H3,(H,26,30). The molecule has 174 valence electrons. The summed E-state index contributed by atoms with van der Waals surface area (Å²) in [6, 6.07) is 6.09. The number of nitrogens with zero attached hydrogens (tertiary/aromatic N) is 4. The van der Waals surface area contributed by atoms with Gasteiger partial charge < -0.3 is 9.73 Å². The van der Waals surface area contributed by atoms with Crippen molar-refractivity contribution >= 4 is 34.0 Å². The molecule has 7 nitrogen and oxygen atoms in total. The molecule has 9 heteroatoms. The van der Waals surface area contributed by atoms with Gasteiger partial charge in [0.2, 0.25) is 11.7 Å². The number of nitriles is 1. The van der Waals surface area contributed by atoms with E-state index in [0.717, 1.165) is 24.8 Å². The number of anilines is 1. The molecule has 0 aromatic carbocycles. The Balaban J connectivity index is 1.47. The first kappa shape index (κ1) is 23.6. The lowest BCUT2D eigenvalue weighted by atomic mass is 9.72. The van der Waals surface area contributed by atoms with Gasteiger partial charge in [-0.3, -0.25) is 9.36 Å². The molecule has 0 saturated carbocycles. The van der Waals surface area contributed by atoms with Gasteiger partial charge >= 0.3 is 0 Å². The molecule has 1 N–H and O–H groups in total. The summed E-state index contributed by atoms with van der Waals surface area (Å²) in [5, 5.41) is 22.6. The van der Waals surface area contributed by atoms with Gasteiger partial charge in [0.25, 0.3) is 0 Å². The molecule has 3 aromatic rings. The summed E-state index contributed by atoms with van der Waals surface area (Å²) in [6.07, 6.45) is 4.55. The third-order valence-corrected chi connectivity index (χ3v) is 8.22. The quantitative estimate of drug-likeness (QED) is 0.436. The number of thiophene rings is 1. The van der Waals surface area contributed by atoms with E-state index in [1.54, 1.807) is 17.6 Å². The van der Waals surface area contributed by atoms with E-state index in [4.69, 9.17) is 4.42 Å². The van der Waals surface area contributed by atoms with Crippen LogP contribution in [-0.4, -0.2) is 26.4 Å². The molecular weight excluding hydrogens is 454 g/mol. The number of hydrogen-bond donors (Lipinski definition) is 1. The number of thioether (sulfide) groups is 1. The van der Waals surface area contributed by atoms with E-state index in [9.17, 15) is 10.1 Å². The maximum absolute atomic E-state index is 12.8. The maximum atomic E-state index is 12.8. The fourth-order valence-corrected chi connectivity index (χ4v) is 6.40. The second-order valence-electron chi connectivity index (χ2n) is 9.71. The van der Waals surface area contributed by atoms with E-state index < -0.39 is 0 Å². The summed E-state index contributed by atoms with van der Waals surface area (Å²) in [7, 11) is 0. The van der Waals surface area contributed by atoms with Gasteiger partial charge in [-0.15, -0.1) is 21.5 Å². The average molecular weight is 484 g/mol. The minimum Gasteiger partial charge on any atom is -0.461 e. The summed E-state index contributed by atoms with van der Waals surface area (Å²) >= 11 is 2.89. The number of nitrogens with one attached hydrogen (secondary N) is 1. The van der Waals surface area contributed by atoms with E-state index in [1.807, 2.05) is 30.5 Å². The van der Waals surface area contributed by atoms with Crippen molar-refractivity contribution in [1.29, 1.82) is 5.26 Å². The van der Waals surface area contributed by atoms with Crippen LogP contribution < -0.4 is 5.32 Å². The lowest BCUT2D eigenvalue weighted by Gasteiger charge is -2.33. The molecule has 0 radical (unpaired) electrons. The van der Waals surface area contributed by atoms with Crippen molar-refractivity contribution in [1.82, 2.24) is 14.8 Å². The predicted molar refractivity (Wildman–Crippen MR) is 131 cm³/mol. The van der Waals surface area contributed by atoms with Gasteiger partial charge in [0.1, 0.15) is 11.1 Å².